The molecule has 80 valence electrons. The van der Waals surface area contributed by atoms with E-state index in [9.17, 15) is 4.79 Å². The van der Waals surface area contributed by atoms with E-state index in [4.69, 9.17) is 5.73 Å². The van der Waals surface area contributed by atoms with Gasteiger partial charge in [0.05, 0.1) is 5.92 Å². The highest BCUT2D eigenvalue weighted by atomic mass is 16.1. The maximum atomic E-state index is 11.4. The summed E-state index contributed by atoms with van der Waals surface area (Å²) in [6.07, 6.45) is 5.00. The first kappa shape index (κ1) is 9.97. The lowest BCUT2D eigenvalue weighted by atomic mass is 9.61. The van der Waals surface area contributed by atoms with Crippen LogP contribution in [0.5, 0.6) is 0 Å². The van der Waals surface area contributed by atoms with Gasteiger partial charge in [-0.1, -0.05) is 26.2 Å². The van der Waals surface area contributed by atoms with E-state index in [-0.39, 0.29) is 17.2 Å². The van der Waals surface area contributed by atoms with Crippen molar-refractivity contribution >= 4 is 5.91 Å². The first-order valence-electron chi connectivity index (χ1n) is 5.67. The number of nitrogens with two attached hydrogens (primary N) is 1. The highest BCUT2D eigenvalue weighted by Crippen LogP contribution is 2.48. The molecule has 3 unspecified atom stereocenters. The Morgan fingerprint density at radius 3 is 2.93 bits per heavy atom. The third-order valence-corrected chi connectivity index (χ3v) is 4.35. The topological polar surface area (TPSA) is 55.1 Å². The minimum Gasteiger partial charge on any atom is -0.369 e. The van der Waals surface area contributed by atoms with Crippen molar-refractivity contribution in [1.82, 2.24) is 5.32 Å². The molecular formula is C11H20N2O. The highest BCUT2D eigenvalue weighted by molar-refractivity contribution is 5.78. The molecular weight excluding hydrogens is 176 g/mol. The summed E-state index contributed by atoms with van der Waals surface area (Å²) in [5.74, 6) is 0.602. The zero-order chi connectivity index (χ0) is 10.2. The zero-order valence-electron chi connectivity index (χ0n) is 8.88. The van der Waals surface area contributed by atoms with Crippen LogP contribution < -0.4 is 11.1 Å². The van der Waals surface area contributed by atoms with Crippen molar-refractivity contribution in [3.63, 3.8) is 0 Å². The molecule has 0 aromatic rings. The molecule has 2 aliphatic rings. The van der Waals surface area contributed by atoms with Crippen LogP contribution in [0.15, 0.2) is 0 Å². The number of primary amides is 1. The van der Waals surface area contributed by atoms with Gasteiger partial charge in [-0.2, -0.15) is 0 Å². The molecule has 3 N–H and O–H groups in total. The Hall–Kier alpha value is -0.570. The Kier molecular flexibility index (Phi) is 2.52. The van der Waals surface area contributed by atoms with Crippen LogP contribution in [0.1, 0.15) is 32.6 Å². The predicted molar refractivity (Wildman–Crippen MR) is 55.6 cm³/mol. The number of rotatable bonds is 1. The fourth-order valence-electron chi connectivity index (χ4n) is 3.38. The van der Waals surface area contributed by atoms with E-state index in [1.54, 1.807) is 0 Å². The van der Waals surface area contributed by atoms with Crippen molar-refractivity contribution in [3.8, 4) is 0 Å². The van der Waals surface area contributed by atoms with Crippen LogP contribution in [0.2, 0.25) is 0 Å². The second-order valence-corrected chi connectivity index (χ2v) is 4.97. The summed E-state index contributed by atoms with van der Waals surface area (Å²) in [4.78, 5) is 11.4. The van der Waals surface area contributed by atoms with Gasteiger partial charge in [-0.25, -0.2) is 0 Å². The summed E-state index contributed by atoms with van der Waals surface area (Å²) in [6.45, 7) is 4.06. The number of nitrogens with one attached hydrogen (secondary N) is 1. The molecule has 1 spiro atoms. The lowest BCUT2D eigenvalue weighted by molar-refractivity contribution is -0.126. The number of carbonyl (C=O) groups is 1. The first-order chi connectivity index (χ1) is 6.67. The Balaban J connectivity index is 2.22. The molecule has 14 heavy (non-hydrogen) atoms. The monoisotopic (exact) mass is 196 g/mol. The average Bonchev–Trinajstić information content (AvgIpc) is 2.55. The molecule has 2 fully saturated rings. The SMILES string of the molecule is CC1CCCCC12CNCC2C(N)=O. The normalized spacial score (nSPS) is 42.9. The zero-order valence-corrected chi connectivity index (χ0v) is 8.88. The molecule has 3 atom stereocenters. The molecule has 1 saturated carbocycles. The van der Waals surface area contributed by atoms with Gasteiger partial charge in [0, 0.05) is 13.1 Å². The molecule has 1 aliphatic carbocycles. The summed E-state index contributed by atoms with van der Waals surface area (Å²) in [7, 11) is 0. The minimum absolute atomic E-state index is 0.0674. The third kappa shape index (κ3) is 1.34. The number of amides is 1. The van der Waals surface area contributed by atoms with Crippen LogP contribution in [0, 0.1) is 17.3 Å². The second-order valence-electron chi connectivity index (χ2n) is 4.97. The Bertz CT molecular complexity index is 241. The lowest BCUT2D eigenvalue weighted by Gasteiger charge is -2.42. The van der Waals surface area contributed by atoms with Crippen molar-refractivity contribution < 1.29 is 4.79 Å². The van der Waals surface area contributed by atoms with Gasteiger partial charge in [0.2, 0.25) is 5.91 Å². The van der Waals surface area contributed by atoms with Crippen molar-refractivity contribution in [2.75, 3.05) is 13.1 Å². The van der Waals surface area contributed by atoms with E-state index in [0.29, 0.717) is 5.92 Å². The largest absolute Gasteiger partial charge is 0.369 e. The van der Waals surface area contributed by atoms with E-state index in [1.807, 2.05) is 0 Å². The molecule has 1 saturated heterocycles. The van der Waals surface area contributed by atoms with Gasteiger partial charge in [-0.05, 0) is 17.8 Å². The average molecular weight is 196 g/mol. The summed E-state index contributed by atoms with van der Waals surface area (Å²) in [6, 6.07) is 0. The molecule has 0 radical (unpaired) electrons. The molecule has 0 aromatic carbocycles. The van der Waals surface area contributed by atoms with Gasteiger partial charge in [0.1, 0.15) is 0 Å². The summed E-state index contributed by atoms with van der Waals surface area (Å²) in [5, 5.41) is 3.34. The van der Waals surface area contributed by atoms with Crippen LogP contribution in [-0.2, 0) is 4.79 Å². The van der Waals surface area contributed by atoms with Crippen LogP contribution in [0.25, 0.3) is 0 Å². The summed E-state index contributed by atoms with van der Waals surface area (Å²) < 4.78 is 0. The maximum Gasteiger partial charge on any atom is 0.222 e. The third-order valence-electron chi connectivity index (χ3n) is 4.35. The fourth-order valence-corrected chi connectivity index (χ4v) is 3.38. The molecule has 0 aromatic heterocycles. The van der Waals surface area contributed by atoms with E-state index in [2.05, 4.69) is 12.2 Å². The quantitative estimate of drug-likeness (QED) is 0.654. The summed E-state index contributed by atoms with van der Waals surface area (Å²) in [5.41, 5.74) is 5.67. The smallest absolute Gasteiger partial charge is 0.222 e. The maximum absolute atomic E-state index is 11.4. The van der Waals surface area contributed by atoms with E-state index in [1.165, 1.54) is 25.7 Å². The van der Waals surface area contributed by atoms with E-state index in [0.717, 1.165) is 13.1 Å². The molecule has 1 heterocycles. The molecule has 0 bridgehead atoms. The van der Waals surface area contributed by atoms with Gasteiger partial charge >= 0.3 is 0 Å². The molecule has 3 heteroatoms. The van der Waals surface area contributed by atoms with Crippen LogP contribution in [-0.4, -0.2) is 19.0 Å². The number of hydrogen-bond acceptors (Lipinski definition) is 2. The molecule has 1 aliphatic heterocycles. The van der Waals surface area contributed by atoms with E-state index >= 15 is 0 Å². The van der Waals surface area contributed by atoms with Gasteiger partial charge < -0.3 is 11.1 Å². The summed E-state index contributed by atoms with van der Waals surface area (Å²) >= 11 is 0. The first-order valence-corrected chi connectivity index (χ1v) is 5.67. The molecule has 3 nitrogen and oxygen atoms in total. The van der Waals surface area contributed by atoms with Crippen molar-refractivity contribution in [1.29, 1.82) is 0 Å². The number of hydrogen-bond donors (Lipinski definition) is 2. The van der Waals surface area contributed by atoms with Gasteiger partial charge in [-0.3, -0.25) is 4.79 Å². The Morgan fingerprint density at radius 1 is 1.50 bits per heavy atom. The van der Waals surface area contributed by atoms with Gasteiger partial charge in [0.15, 0.2) is 0 Å². The molecule has 2 rings (SSSR count). The van der Waals surface area contributed by atoms with Crippen molar-refractivity contribution in [2.24, 2.45) is 23.0 Å². The predicted octanol–water partition coefficient (Wildman–Crippen LogP) is 0.888. The Morgan fingerprint density at radius 2 is 2.29 bits per heavy atom. The van der Waals surface area contributed by atoms with E-state index < -0.39 is 0 Å². The van der Waals surface area contributed by atoms with Crippen LogP contribution in [0.4, 0.5) is 0 Å². The Labute approximate surface area is 85.4 Å². The minimum atomic E-state index is -0.108. The number of carbonyl (C=O) groups excluding carboxylic acids is 1. The fraction of sp³-hybridized carbons (Fsp3) is 0.909. The highest BCUT2D eigenvalue weighted by Gasteiger charge is 2.49. The van der Waals surface area contributed by atoms with Gasteiger partial charge in [0.25, 0.3) is 0 Å². The van der Waals surface area contributed by atoms with Crippen molar-refractivity contribution in [3.05, 3.63) is 0 Å². The molecule has 1 amide bonds. The second kappa shape index (κ2) is 3.54. The van der Waals surface area contributed by atoms with Crippen molar-refractivity contribution in [2.45, 2.75) is 32.6 Å². The van der Waals surface area contributed by atoms with Gasteiger partial charge in [-0.15, -0.1) is 0 Å². The standard InChI is InChI=1S/C11H20N2O/c1-8-4-2-3-5-11(8)7-13-6-9(11)10(12)14/h8-9,13H,2-7H2,1H3,(H2,12,14). The van der Waals surface area contributed by atoms with Crippen LogP contribution >= 0.6 is 0 Å². The lowest BCUT2D eigenvalue weighted by Crippen LogP contribution is -2.44. The van der Waals surface area contributed by atoms with Crippen LogP contribution in [0.3, 0.4) is 0 Å².